The number of methoxy groups -OCH3 is 2. The van der Waals surface area contributed by atoms with E-state index in [1.165, 1.54) is 0 Å². The van der Waals surface area contributed by atoms with Crippen LogP contribution in [0.2, 0.25) is 0 Å². The Bertz CT molecular complexity index is 921. The van der Waals surface area contributed by atoms with Crippen LogP contribution in [0, 0.1) is 23.7 Å². The van der Waals surface area contributed by atoms with Crippen LogP contribution in [0.5, 0.6) is 0 Å². The van der Waals surface area contributed by atoms with Crippen molar-refractivity contribution in [3.8, 4) is 0 Å². The summed E-state index contributed by atoms with van der Waals surface area (Å²) < 4.78 is 30.0. The molecule has 2 heterocycles. The van der Waals surface area contributed by atoms with E-state index in [0.717, 1.165) is 5.57 Å². The molecule has 262 valence electrons. The molecule has 10 atom stereocenters. The fourth-order valence-electron chi connectivity index (χ4n) is 6.30. The summed E-state index contributed by atoms with van der Waals surface area (Å²) in [5, 5.41) is 11.3. The van der Waals surface area contributed by atoms with Gasteiger partial charge in [-0.15, -0.1) is 0 Å². The molecule has 0 amide bonds. The third-order valence-electron chi connectivity index (χ3n) is 8.98. The topological polar surface area (TPSA) is 130 Å². The Morgan fingerprint density at radius 2 is 1.73 bits per heavy atom. The van der Waals surface area contributed by atoms with Gasteiger partial charge in [-0.25, -0.2) is 0 Å². The molecule has 2 rings (SSSR count). The third kappa shape index (κ3) is 13.2. The smallest absolute Gasteiger partial charge is 0.306 e. The van der Waals surface area contributed by atoms with Crippen LogP contribution < -0.4 is 5.73 Å². The van der Waals surface area contributed by atoms with E-state index in [9.17, 15) is 14.7 Å². The highest BCUT2D eigenvalue weighted by atomic mass is 16.7. The molecule has 5 unspecified atom stereocenters. The van der Waals surface area contributed by atoms with Gasteiger partial charge in [-0.2, -0.15) is 0 Å². The van der Waals surface area contributed by atoms with Gasteiger partial charge < -0.3 is 39.4 Å². The van der Waals surface area contributed by atoms with Crippen molar-refractivity contribution in [3.05, 3.63) is 23.8 Å². The zero-order valence-corrected chi connectivity index (χ0v) is 29.9. The second-order valence-electron chi connectivity index (χ2n) is 12.7. The largest absolute Gasteiger partial charge is 0.462 e. The summed E-state index contributed by atoms with van der Waals surface area (Å²) in [5.41, 5.74) is 6.95. The van der Waals surface area contributed by atoms with Crippen LogP contribution in [0.3, 0.4) is 0 Å². The highest BCUT2D eigenvalue weighted by molar-refractivity contribution is 5.91. The number of hydrogen-bond acceptors (Lipinski definition) is 10. The van der Waals surface area contributed by atoms with Crippen LogP contribution in [0.4, 0.5) is 0 Å². The number of carbonyl (C=O) groups excluding carboxylic acids is 2. The molecule has 0 aromatic heterocycles. The lowest BCUT2D eigenvalue weighted by molar-refractivity contribution is -0.282. The van der Waals surface area contributed by atoms with Crippen molar-refractivity contribution in [2.45, 2.75) is 130 Å². The lowest BCUT2D eigenvalue weighted by atomic mass is 9.80. The zero-order valence-electron chi connectivity index (χ0n) is 29.9. The molecule has 0 saturated carbocycles. The molecule has 10 nitrogen and oxygen atoms in total. The summed E-state index contributed by atoms with van der Waals surface area (Å²) in [7, 11) is 7.04. The van der Waals surface area contributed by atoms with Gasteiger partial charge in [0.25, 0.3) is 0 Å². The first-order valence-corrected chi connectivity index (χ1v) is 16.9. The Morgan fingerprint density at radius 3 is 2.29 bits per heavy atom. The molecule has 10 heteroatoms. The fourth-order valence-corrected chi connectivity index (χ4v) is 6.30. The Hall–Kier alpha value is -1.66. The van der Waals surface area contributed by atoms with Gasteiger partial charge in [0.2, 0.25) is 0 Å². The number of esters is 1. The summed E-state index contributed by atoms with van der Waals surface area (Å²) >= 11 is 0. The average molecular weight is 641 g/mol. The molecule has 1 fully saturated rings. The Balaban J connectivity index is 0.00000496. The number of allylic oxidation sites excluding steroid dienone is 3. The van der Waals surface area contributed by atoms with Gasteiger partial charge in [-0.3, -0.25) is 9.59 Å². The van der Waals surface area contributed by atoms with Crippen molar-refractivity contribution >= 4 is 11.8 Å². The van der Waals surface area contributed by atoms with Gasteiger partial charge in [-0.1, -0.05) is 52.3 Å². The van der Waals surface area contributed by atoms with Crippen molar-refractivity contribution in [1.82, 2.24) is 4.90 Å². The Morgan fingerprint density at radius 1 is 1.09 bits per heavy atom. The van der Waals surface area contributed by atoms with Crippen LogP contribution >= 0.6 is 0 Å². The number of hydrogen-bond donors (Lipinski definition) is 2. The zero-order chi connectivity index (χ0) is 34.3. The lowest BCUT2D eigenvalue weighted by Gasteiger charge is -2.44. The van der Waals surface area contributed by atoms with E-state index < -0.39 is 24.8 Å². The molecule has 1 saturated heterocycles. The van der Waals surface area contributed by atoms with E-state index in [0.29, 0.717) is 38.6 Å². The molecule has 0 aromatic carbocycles. The molecule has 3 N–H and O–H groups in total. The van der Waals surface area contributed by atoms with Crippen LogP contribution in [0.25, 0.3) is 0 Å². The van der Waals surface area contributed by atoms with E-state index >= 15 is 0 Å². The van der Waals surface area contributed by atoms with Crippen molar-refractivity contribution in [3.63, 3.8) is 0 Å². The summed E-state index contributed by atoms with van der Waals surface area (Å²) in [5.74, 6) is -1.11. The summed E-state index contributed by atoms with van der Waals surface area (Å²) in [6.45, 7) is 14.1. The number of ketones is 1. The number of cyclic esters (lactones) is 1. The van der Waals surface area contributed by atoms with Gasteiger partial charge in [-0.05, 0) is 71.5 Å². The van der Waals surface area contributed by atoms with E-state index in [2.05, 4.69) is 0 Å². The van der Waals surface area contributed by atoms with Crippen molar-refractivity contribution in [1.29, 1.82) is 0 Å². The third-order valence-corrected chi connectivity index (χ3v) is 8.98. The molecule has 0 aromatic rings. The lowest BCUT2D eigenvalue weighted by Crippen LogP contribution is -2.56. The highest BCUT2D eigenvalue weighted by Gasteiger charge is 2.42. The van der Waals surface area contributed by atoms with E-state index in [4.69, 9.17) is 29.4 Å². The predicted octanol–water partition coefficient (Wildman–Crippen LogP) is 4.87. The maximum absolute atomic E-state index is 13.3. The number of carbonyl (C=O) groups is 2. The van der Waals surface area contributed by atoms with Crippen LogP contribution in [-0.2, 0) is 33.3 Å². The van der Waals surface area contributed by atoms with Gasteiger partial charge in [0.1, 0.15) is 12.2 Å². The number of nitrogens with zero attached hydrogens (tertiary/aromatic N) is 1. The number of nitrogens with two attached hydrogens (primary N) is 1. The highest BCUT2D eigenvalue weighted by Crippen LogP contribution is 2.35. The second-order valence-corrected chi connectivity index (χ2v) is 12.7. The number of ether oxygens (including phenoxy) is 5. The molecule has 0 radical (unpaired) electrons. The maximum atomic E-state index is 13.3. The molecule has 0 aliphatic carbocycles. The van der Waals surface area contributed by atoms with Crippen molar-refractivity contribution in [2.75, 3.05) is 34.9 Å². The summed E-state index contributed by atoms with van der Waals surface area (Å²) in [6.07, 6.45) is 5.10. The normalized spacial score (nSPS) is 36.1. The minimum atomic E-state index is -0.875. The van der Waals surface area contributed by atoms with Crippen LogP contribution in [0.1, 0.15) is 87.0 Å². The SMILES string of the molecule is CC.CC[C@H]1OC(=O)CC[C@H](C)[C@@H](OC2OC(C)CC(N(C)C)C2O)[C@@H](CC(OC)OC)C[C@@H](C)C(=O)/C=C/C(C)=C/C1CN. The van der Waals surface area contributed by atoms with Crippen LogP contribution in [0.15, 0.2) is 23.8 Å². The first-order valence-electron chi connectivity index (χ1n) is 16.9. The number of aliphatic hydroxyl groups is 1. The maximum Gasteiger partial charge on any atom is 0.306 e. The first kappa shape index (κ1) is 41.4. The molecule has 2 aliphatic rings. The standard InChI is InChI=1S/C33H58N2O8.C2H6/c1-10-28-25(19-34)15-20(2)11-13-27(36)22(4)16-24(18-30(39-8)40-9)32(21(3)12-14-29(37)42-28)43-33-31(38)26(35(6)7)17-23(5)41-33;1-2/h11,13,15,21-26,28,30-33,38H,10,12,14,16-19,34H2,1-9H3;1-2H3/b13-11+,20-15+;/t21-,22+,23?,24+,25?,26?,28+,31?,32+,33?;/m0./s1. The van der Waals surface area contributed by atoms with E-state index in [1.54, 1.807) is 26.4 Å². The van der Waals surface area contributed by atoms with Crippen molar-refractivity contribution in [2.24, 2.45) is 29.4 Å². The second kappa shape index (κ2) is 21.3. The van der Waals surface area contributed by atoms with Crippen molar-refractivity contribution < 1.29 is 38.4 Å². The average Bonchev–Trinajstić information content (AvgIpc) is 3.02. The monoisotopic (exact) mass is 640 g/mol. The fraction of sp³-hybridized carbons (Fsp3) is 0.829. The molecular formula is C35H64N2O8. The predicted molar refractivity (Wildman–Crippen MR) is 177 cm³/mol. The van der Waals surface area contributed by atoms with Gasteiger partial charge in [0.15, 0.2) is 18.4 Å². The Labute approximate surface area is 273 Å². The number of likely N-dealkylation sites (N-methyl/N-ethyl adjacent to an activating group) is 1. The van der Waals surface area contributed by atoms with Gasteiger partial charge >= 0.3 is 5.97 Å². The summed E-state index contributed by atoms with van der Waals surface area (Å²) in [6, 6.07) is -0.141. The van der Waals surface area contributed by atoms with Crippen LogP contribution in [-0.4, -0.2) is 99.7 Å². The van der Waals surface area contributed by atoms with E-state index in [1.807, 2.05) is 73.5 Å². The Kier molecular flexibility index (Phi) is 19.5. The molecule has 2 aliphatic heterocycles. The van der Waals surface area contributed by atoms with Gasteiger partial charge in [0, 0.05) is 51.5 Å². The minimum Gasteiger partial charge on any atom is -0.462 e. The quantitative estimate of drug-likeness (QED) is 0.266. The van der Waals surface area contributed by atoms with E-state index in [-0.39, 0.29) is 60.1 Å². The molecular weight excluding hydrogens is 576 g/mol. The minimum absolute atomic E-state index is 0.000596. The van der Waals surface area contributed by atoms with Gasteiger partial charge in [0.05, 0.1) is 12.2 Å². The number of aliphatic hydroxyl groups excluding tert-OH is 1. The molecule has 0 bridgehead atoms. The molecule has 0 spiro atoms. The first-order chi connectivity index (χ1) is 21.3. The summed E-state index contributed by atoms with van der Waals surface area (Å²) in [4.78, 5) is 28.4. The number of rotatable bonds is 9. The molecule has 45 heavy (non-hydrogen) atoms.